The quantitative estimate of drug-likeness (QED) is 0.836. The van der Waals surface area contributed by atoms with E-state index in [1.807, 2.05) is 24.3 Å². The van der Waals surface area contributed by atoms with E-state index in [9.17, 15) is 4.21 Å². The first-order valence-corrected chi connectivity index (χ1v) is 7.79. The van der Waals surface area contributed by atoms with Gasteiger partial charge in [0.2, 0.25) is 0 Å². The number of hydrogen-bond acceptors (Lipinski definition) is 2. The second-order valence-electron chi connectivity index (χ2n) is 4.29. The average molecular weight is 312 g/mol. The Morgan fingerprint density at radius 3 is 2.71 bits per heavy atom. The highest BCUT2D eigenvalue weighted by molar-refractivity contribution is 9.10. The summed E-state index contributed by atoms with van der Waals surface area (Å²) in [5, 5.41) is 9.12. The van der Waals surface area contributed by atoms with Gasteiger partial charge in [-0.25, -0.2) is 0 Å². The second kappa shape index (κ2) is 5.79. The molecule has 1 saturated carbocycles. The molecule has 1 aliphatic rings. The Bertz CT molecular complexity index is 469. The van der Waals surface area contributed by atoms with Crippen LogP contribution >= 0.6 is 15.9 Å². The van der Waals surface area contributed by atoms with Crippen molar-refractivity contribution in [3.05, 3.63) is 28.7 Å². The Hall–Kier alpha value is -0.660. The van der Waals surface area contributed by atoms with Crippen molar-refractivity contribution < 1.29 is 4.21 Å². The number of halogens is 1. The number of nitriles is 1. The molecule has 17 heavy (non-hydrogen) atoms. The molecule has 0 aliphatic heterocycles. The van der Waals surface area contributed by atoms with Crippen LogP contribution in [0.25, 0.3) is 0 Å². The monoisotopic (exact) mass is 311 g/mol. The molecular formula is C13H14BrNOS. The zero-order valence-corrected chi connectivity index (χ0v) is 11.8. The molecule has 0 N–H and O–H groups in total. The number of benzene rings is 1. The zero-order chi connectivity index (χ0) is 12.3. The van der Waals surface area contributed by atoms with E-state index in [4.69, 9.17) is 5.26 Å². The molecule has 1 aliphatic carbocycles. The normalized spacial score (nSPS) is 26.1. The van der Waals surface area contributed by atoms with Gasteiger partial charge in [-0.05, 0) is 40.9 Å². The van der Waals surface area contributed by atoms with Gasteiger partial charge in [-0.15, -0.1) is 0 Å². The van der Waals surface area contributed by atoms with Gasteiger partial charge in [0.1, 0.15) is 0 Å². The first-order chi connectivity index (χ1) is 8.24. The minimum Gasteiger partial charge on any atom is -0.254 e. The van der Waals surface area contributed by atoms with E-state index >= 15 is 0 Å². The van der Waals surface area contributed by atoms with Crippen molar-refractivity contribution in [2.75, 3.05) is 0 Å². The summed E-state index contributed by atoms with van der Waals surface area (Å²) in [7, 11) is -1.08. The van der Waals surface area contributed by atoms with Crippen LogP contribution in [0.5, 0.6) is 0 Å². The summed E-state index contributed by atoms with van der Waals surface area (Å²) in [5.41, 5.74) is 0. The summed E-state index contributed by atoms with van der Waals surface area (Å²) in [4.78, 5) is 0.819. The third kappa shape index (κ3) is 2.78. The lowest BCUT2D eigenvalue weighted by atomic mass is 9.90. The Labute approximate surface area is 113 Å². The molecule has 0 spiro atoms. The predicted octanol–water partition coefficient (Wildman–Crippen LogP) is 3.64. The van der Waals surface area contributed by atoms with Gasteiger partial charge in [0.05, 0.1) is 32.9 Å². The summed E-state index contributed by atoms with van der Waals surface area (Å²) >= 11 is 3.43. The minimum atomic E-state index is -1.08. The highest BCUT2D eigenvalue weighted by atomic mass is 79.9. The zero-order valence-electron chi connectivity index (χ0n) is 9.43. The largest absolute Gasteiger partial charge is 0.254 e. The van der Waals surface area contributed by atoms with Gasteiger partial charge in [0, 0.05) is 4.47 Å². The van der Waals surface area contributed by atoms with Crippen LogP contribution in [0, 0.1) is 17.2 Å². The lowest BCUT2D eigenvalue weighted by Crippen LogP contribution is -2.28. The summed E-state index contributed by atoms with van der Waals surface area (Å²) < 4.78 is 13.4. The fraction of sp³-hybridized carbons (Fsp3) is 0.462. The molecule has 1 aromatic carbocycles. The van der Waals surface area contributed by atoms with Crippen LogP contribution in [0.2, 0.25) is 0 Å². The van der Waals surface area contributed by atoms with E-state index in [1.54, 1.807) is 0 Å². The van der Waals surface area contributed by atoms with Crippen LogP contribution in [-0.4, -0.2) is 9.46 Å². The van der Waals surface area contributed by atoms with Crippen molar-refractivity contribution >= 4 is 26.7 Å². The fourth-order valence-electron chi connectivity index (χ4n) is 2.27. The highest BCUT2D eigenvalue weighted by Crippen LogP contribution is 2.32. The van der Waals surface area contributed by atoms with Crippen molar-refractivity contribution in [1.29, 1.82) is 5.26 Å². The van der Waals surface area contributed by atoms with Crippen LogP contribution in [0.15, 0.2) is 33.6 Å². The van der Waals surface area contributed by atoms with E-state index in [0.29, 0.717) is 0 Å². The third-order valence-corrected chi connectivity index (χ3v) is 6.05. The third-order valence-electron chi connectivity index (χ3n) is 3.20. The van der Waals surface area contributed by atoms with Crippen molar-refractivity contribution in [3.8, 4) is 6.07 Å². The van der Waals surface area contributed by atoms with Crippen molar-refractivity contribution in [3.63, 3.8) is 0 Å². The summed E-state index contributed by atoms with van der Waals surface area (Å²) in [6, 6.07) is 9.90. The van der Waals surface area contributed by atoms with Crippen LogP contribution in [0.1, 0.15) is 25.7 Å². The Balaban J connectivity index is 2.25. The predicted molar refractivity (Wildman–Crippen MR) is 71.9 cm³/mol. The minimum absolute atomic E-state index is 0.00699. The smallest absolute Gasteiger partial charge is 0.0668 e. The lowest BCUT2D eigenvalue weighted by molar-refractivity contribution is 0.431. The maximum Gasteiger partial charge on any atom is 0.0668 e. The molecule has 0 radical (unpaired) electrons. The molecule has 2 nitrogen and oxygen atoms in total. The van der Waals surface area contributed by atoms with Gasteiger partial charge in [-0.1, -0.05) is 25.0 Å². The van der Waals surface area contributed by atoms with Crippen LogP contribution < -0.4 is 0 Å². The number of hydrogen-bond donors (Lipinski definition) is 0. The number of nitrogens with zero attached hydrogens (tertiary/aromatic N) is 1. The number of rotatable bonds is 2. The van der Waals surface area contributed by atoms with E-state index < -0.39 is 10.8 Å². The molecular weight excluding hydrogens is 298 g/mol. The Morgan fingerprint density at radius 2 is 2.00 bits per heavy atom. The van der Waals surface area contributed by atoms with Crippen LogP contribution in [0.4, 0.5) is 0 Å². The molecule has 3 unspecified atom stereocenters. The van der Waals surface area contributed by atoms with Crippen molar-refractivity contribution in [1.82, 2.24) is 0 Å². The molecule has 90 valence electrons. The fourth-order valence-corrected chi connectivity index (χ4v) is 4.71. The lowest BCUT2D eigenvalue weighted by Gasteiger charge is -2.26. The van der Waals surface area contributed by atoms with E-state index in [1.165, 1.54) is 0 Å². The molecule has 0 aromatic heterocycles. The van der Waals surface area contributed by atoms with E-state index in [2.05, 4.69) is 22.0 Å². The maximum absolute atomic E-state index is 12.5. The van der Waals surface area contributed by atoms with Gasteiger partial charge in [0.25, 0.3) is 0 Å². The maximum atomic E-state index is 12.5. The molecule has 0 saturated heterocycles. The summed E-state index contributed by atoms with van der Waals surface area (Å²) in [6.07, 6.45) is 3.95. The van der Waals surface area contributed by atoms with E-state index in [-0.39, 0.29) is 11.2 Å². The molecule has 0 heterocycles. The summed E-state index contributed by atoms with van der Waals surface area (Å²) in [5.74, 6) is -0.0586. The summed E-state index contributed by atoms with van der Waals surface area (Å²) in [6.45, 7) is 0. The van der Waals surface area contributed by atoms with Gasteiger partial charge in [0.15, 0.2) is 0 Å². The van der Waals surface area contributed by atoms with Crippen molar-refractivity contribution in [2.45, 2.75) is 35.8 Å². The second-order valence-corrected chi connectivity index (χ2v) is 6.78. The van der Waals surface area contributed by atoms with Gasteiger partial charge in [-0.3, -0.25) is 4.21 Å². The molecule has 1 fully saturated rings. The first kappa shape index (κ1) is 12.8. The standard InChI is InChI=1S/C13H14BrNOS/c14-11-6-2-4-8-13(11)17(16)12-7-3-1-5-10(12)9-15/h2,4,6,8,10,12H,1,3,5,7H2. The SMILES string of the molecule is N#CC1CCCCC1S(=O)c1ccccc1Br. The topological polar surface area (TPSA) is 40.9 Å². The molecule has 2 rings (SSSR count). The Morgan fingerprint density at radius 1 is 1.29 bits per heavy atom. The van der Waals surface area contributed by atoms with Gasteiger partial charge >= 0.3 is 0 Å². The van der Waals surface area contributed by atoms with Crippen LogP contribution in [0.3, 0.4) is 0 Å². The van der Waals surface area contributed by atoms with Gasteiger partial charge in [-0.2, -0.15) is 5.26 Å². The molecule has 0 amide bonds. The molecule has 3 atom stereocenters. The first-order valence-electron chi connectivity index (χ1n) is 5.78. The highest BCUT2D eigenvalue weighted by Gasteiger charge is 2.31. The van der Waals surface area contributed by atoms with Gasteiger partial charge < -0.3 is 0 Å². The molecule has 1 aromatic rings. The van der Waals surface area contributed by atoms with E-state index in [0.717, 1.165) is 35.1 Å². The molecule has 0 bridgehead atoms. The van der Waals surface area contributed by atoms with Crippen molar-refractivity contribution in [2.24, 2.45) is 5.92 Å². The molecule has 4 heteroatoms. The average Bonchev–Trinajstić information content (AvgIpc) is 2.38. The van der Waals surface area contributed by atoms with Crippen LogP contribution in [-0.2, 0) is 10.8 Å². The Kier molecular flexibility index (Phi) is 4.36.